The molecule has 0 radical (unpaired) electrons. The van der Waals surface area contributed by atoms with Gasteiger partial charge in [-0.1, -0.05) is 0 Å². The highest BCUT2D eigenvalue weighted by Gasteiger charge is 2.47. The molecular weight excluding hydrogens is 270 g/mol. The number of alkyl halides is 2. The molecule has 0 amide bonds. The van der Waals surface area contributed by atoms with Crippen molar-refractivity contribution in [2.45, 2.75) is 23.9 Å². The standard InChI is InChI=1S/C10H10F2O5S/c11-10(12)3-6(4-10)5-18(15,16)8-2-1-7(17-8)9(13)14/h1-2,6H,3-5H2,(H,13,14). The monoisotopic (exact) mass is 280 g/mol. The fourth-order valence-electron chi connectivity index (χ4n) is 1.90. The number of carboxylic acid groups (broad SMARTS) is 1. The fourth-order valence-corrected chi connectivity index (χ4v) is 3.41. The second kappa shape index (κ2) is 4.04. The Labute approximate surface area is 101 Å². The summed E-state index contributed by atoms with van der Waals surface area (Å²) in [5.41, 5.74) is 0. The molecule has 1 aliphatic rings. The van der Waals surface area contributed by atoms with Gasteiger partial charge in [-0.15, -0.1) is 0 Å². The summed E-state index contributed by atoms with van der Waals surface area (Å²) >= 11 is 0. The van der Waals surface area contributed by atoms with Gasteiger partial charge in [-0.3, -0.25) is 0 Å². The molecule has 0 unspecified atom stereocenters. The lowest BCUT2D eigenvalue weighted by molar-refractivity contribution is -0.103. The Morgan fingerprint density at radius 3 is 2.50 bits per heavy atom. The Kier molecular flexibility index (Phi) is 2.92. The molecule has 5 nitrogen and oxygen atoms in total. The minimum atomic E-state index is -3.85. The highest BCUT2D eigenvalue weighted by atomic mass is 32.2. The van der Waals surface area contributed by atoms with Crippen molar-refractivity contribution in [1.29, 1.82) is 0 Å². The Hall–Kier alpha value is -1.44. The van der Waals surface area contributed by atoms with Crippen LogP contribution in [0.3, 0.4) is 0 Å². The van der Waals surface area contributed by atoms with E-state index >= 15 is 0 Å². The average molecular weight is 280 g/mol. The number of aromatic carboxylic acids is 1. The normalized spacial score (nSPS) is 19.4. The van der Waals surface area contributed by atoms with Gasteiger partial charge in [-0.25, -0.2) is 22.0 Å². The van der Waals surface area contributed by atoms with Crippen LogP contribution >= 0.6 is 0 Å². The van der Waals surface area contributed by atoms with Crippen molar-refractivity contribution in [2.75, 3.05) is 5.75 Å². The van der Waals surface area contributed by atoms with Crippen LogP contribution in [0.1, 0.15) is 23.4 Å². The van der Waals surface area contributed by atoms with E-state index in [0.29, 0.717) is 0 Å². The lowest BCUT2D eigenvalue weighted by Gasteiger charge is -2.34. The van der Waals surface area contributed by atoms with Gasteiger partial charge in [0.1, 0.15) is 0 Å². The minimum Gasteiger partial charge on any atom is -0.475 e. The quantitative estimate of drug-likeness (QED) is 0.909. The summed E-state index contributed by atoms with van der Waals surface area (Å²) in [7, 11) is -3.85. The Balaban J connectivity index is 2.09. The van der Waals surface area contributed by atoms with Gasteiger partial charge in [0.2, 0.25) is 26.6 Å². The maximum atomic E-state index is 12.6. The number of rotatable bonds is 4. The summed E-state index contributed by atoms with van der Waals surface area (Å²) in [6.07, 6.45) is -0.919. The zero-order valence-corrected chi connectivity index (χ0v) is 9.91. The number of carbonyl (C=O) groups is 1. The van der Waals surface area contributed by atoms with Crippen LogP contribution in [0.25, 0.3) is 0 Å². The van der Waals surface area contributed by atoms with Gasteiger partial charge < -0.3 is 9.52 Å². The summed E-state index contributed by atoms with van der Waals surface area (Å²) < 4.78 is 53.3. The third kappa shape index (κ3) is 2.53. The molecule has 0 aromatic carbocycles. The van der Waals surface area contributed by atoms with Crippen molar-refractivity contribution < 1.29 is 31.5 Å². The number of hydrogen-bond donors (Lipinski definition) is 1. The first kappa shape index (κ1) is 13.0. The number of sulfone groups is 1. The number of carboxylic acids is 1. The van der Waals surface area contributed by atoms with Crippen LogP contribution in [0.4, 0.5) is 8.78 Å². The second-order valence-corrected chi connectivity index (χ2v) is 6.30. The average Bonchev–Trinajstić information content (AvgIpc) is 2.62. The van der Waals surface area contributed by atoms with Gasteiger partial charge in [0.05, 0.1) is 5.75 Å². The summed E-state index contributed by atoms with van der Waals surface area (Å²) in [6.45, 7) is 0. The Morgan fingerprint density at radius 2 is 2.06 bits per heavy atom. The lowest BCUT2D eigenvalue weighted by atomic mass is 9.83. The molecule has 1 aliphatic carbocycles. The van der Waals surface area contributed by atoms with E-state index in [4.69, 9.17) is 5.11 Å². The van der Waals surface area contributed by atoms with E-state index in [1.807, 2.05) is 0 Å². The third-order valence-corrected chi connectivity index (χ3v) is 4.47. The van der Waals surface area contributed by atoms with Crippen molar-refractivity contribution >= 4 is 15.8 Å². The molecule has 2 rings (SSSR count). The van der Waals surface area contributed by atoms with Crippen molar-refractivity contribution in [1.82, 2.24) is 0 Å². The van der Waals surface area contributed by atoms with E-state index in [1.54, 1.807) is 0 Å². The molecule has 1 aromatic heterocycles. The van der Waals surface area contributed by atoms with E-state index < -0.39 is 57.1 Å². The lowest BCUT2D eigenvalue weighted by Crippen LogP contribution is -2.39. The van der Waals surface area contributed by atoms with Crippen LogP contribution in [0.15, 0.2) is 21.6 Å². The summed E-state index contributed by atoms with van der Waals surface area (Å²) in [5, 5.41) is 8.09. The zero-order chi connectivity index (χ0) is 13.6. The molecule has 8 heteroatoms. The molecule has 0 saturated heterocycles. The molecule has 1 saturated carbocycles. The molecule has 1 fully saturated rings. The van der Waals surface area contributed by atoms with E-state index in [2.05, 4.69) is 4.42 Å². The van der Waals surface area contributed by atoms with E-state index in [9.17, 15) is 22.0 Å². The zero-order valence-electron chi connectivity index (χ0n) is 9.10. The van der Waals surface area contributed by atoms with E-state index in [1.165, 1.54) is 0 Å². The molecule has 0 aliphatic heterocycles. The Morgan fingerprint density at radius 1 is 1.44 bits per heavy atom. The van der Waals surface area contributed by atoms with Crippen molar-refractivity contribution in [2.24, 2.45) is 5.92 Å². The highest BCUT2D eigenvalue weighted by Crippen LogP contribution is 2.43. The highest BCUT2D eigenvalue weighted by molar-refractivity contribution is 7.91. The minimum absolute atomic E-state index is 0.449. The van der Waals surface area contributed by atoms with E-state index in [-0.39, 0.29) is 0 Å². The first-order chi connectivity index (χ1) is 8.20. The molecule has 1 N–H and O–H groups in total. The van der Waals surface area contributed by atoms with Crippen molar-refractivity contribution in [3.63, 3.8) is 0 Å². The van der Waals surface area contributed by atoms with Gasteiger partial charge in [0.25, 0.3) is 0 Å². The first-order valence-electron chi connectivity index (χ1n) is 5.13. The summed E-state index contributed by atoms with van der Waals surface area (Å²) in [5.74, 6) is -5.72. The van der Waals surface area contributed by atoms with Gasteiger partial charge >= 0.3 is 5.97 Å². The van der Waals surface area contributed by atoms with Crippen LogP contribution in [0, 0.1) is 5.92 Å². The maximum absolute atomic E-state index is 12.6. The summed E-state index contributed by atoms with van der Waals surface area (Å²) in [4.78, 5) is 10.5. The van der Waals surface area contributed by atoms with E-state index in [0.717, 1.165) is 12.1 Å². The number of halogens is 2. The predicted octanol–water partition coefficient (Wildman–Crippen LogP) is 1.80. The van der Waals surface area contributed by atoms with Gasteiger partial charge in [-0.05, 0) is 18.1 Å². The molecular formula is C10H10F2O5S. The van der Waals surface area contributed by atoms with Crippen LogP contribution in [0.2, 0.25) is 0 Å². The topological polar surface area (TPSA) is 84.6 Å². The second-order valence-electron chi connectivity index (χ2n) is 4.34. The SMILES string of the molecule is O=C(O)c1ccc(S(=O)(=O)CC2CC(F)(F)C2)o1. The predicted molar refractivity (Wildman–Crippen MR) is 55.4 cm³/mol. The third-order valence-electron chi connectivity index (χ3n) is 2.73. The maximum Gasteiger partial charge on any atom is 0.371 e. The van der Waals surface area contributed by atoms with Crippen molar-refractivity contribution in [3.8, 4) is 0 Å². The van der Waals surface area contributed by atoms with Crippen LogP contribution in [0.5, 0.6) is 0 Å². The van der Waals surface area contributed by atoms with Gasteiger partial charge in [0.15, 0.2) is 0 Å². The smallest absolute Gasteiger partial charge is 0.371 e. The Bertz CT molecular complexity index is 567. The first-order valence-corrected chi connectivity index (χ1v) is 6.78. The van der Waals surface area contributed by atoms with Gasteiger partial charge in [-0.2, -0.15) is 0 Å². The fraction of sp³-hybridized carbons (Fsp3) is 0.500. The van der Waals surface area contributed by atoms with Gasteiger partial charge in [0, 0.05) is 12.8 Å². The largest absolute Gasteiger partial charge is 0.475 e. The molecule has 1 aromatic rings. The summed E-state index contributed by atoms with van der Waals surface area (Å²) in [6, 6.07) is 2.04. The molecule has 18 heavy (non-hydrogen) atoms. The van der Waals surface area contributed by atoms with Crippen LogP contribution in [-0.2, 0) is 9.84 Å². The number of furan rings is 1. The number of hydrogen-bond acceptors (Lipinski definition) is 4. The van der Waals surface area contributed by atoms with Crippen LogP contribution < -0.4 is 0 Å². The molecule has 0 spiro atoms. The van der Waals surface area contributed by atoms with Crippen LogP contribution in [-0.4, -0.2) is 31.2 Å². The molecule has 0 atom stereocenters. The van der Waals surface area contributed by atoms with Crippen molar-refractivity contribution in [3.05, 3.63) is 17.9 Å². The molecule has 1 heterocycles. The molecule has 100 valence electrons. The molecule has 0 bridgehead atoms.